The molecule has 144 valence electrons. The van der Waals surface area contributed by atoms with Crippen molar-refractivity contribution < 1.29 is 18.4 Å². The summed E-state index contributed by atoms with van der Waals surface area (Å²) in [6, 6.07) is 6.35. The van der Waals surface area contributed by atoms with E-state index in [9.17, 15) is 13.6 Å². The number of unbranched alkanes of at least 4 members (excludes halogenated alkanes) is 1. The molecule has 0 aromatic heterocycles. The Morgan fingerprint density at radius 1 is 1.38 bits per heavy atom. The van der Waals surface area contributed by atoms with Gasteiger partial charge in [0.1, 0.15) is 9.07 Å². The molecule has 26 heavy (non-hydrogen) atoms. The standard InChI is InChI=1S/C17H26N3O3S3/c1-5-6-11-19-15(17(2,3)25-16(19)24)20(21)12-13-7-9-14(10-8-13)26(22,23)18-4/h7-10,12,15,18,21H,5-6,11H2,1-4H3/q+1. The van der Waals surface area contributed by atoms with E-state index in [4.69, 9.17) is 12.2 Å². The van der Waals surface area contributed by atoms with E-state index in [0.717, 1.165) is 23.7 Å². The average Bonchev–Trinajstić information content (AvgIpc) is 2.81. The van der Waals surface area contributed by atoms with Crippen molar-refractivity contribution in [3.8, 4) is 0 Å². The lowest BCUT2D eigenvalue weighted by molar-refractivity contribution is -0.808. The van der Waals surface area contributed by atoms with Crippen LogP contribution in [0, 0.1) is 0 Å². The van der Waals surface area contributed by atoms with Crippen LogP contribution in [0.15, 0.2) is 29.2 Å². The summed E-state index contributed by atoms with van der Waals surface area (Å²) in [5, 5.41) is 10.7. The second kappa shape index (κ2) is 8.24. The maximum atomic E-state index is 11.8. The minimum absolute atomic E-state index is 0.184. The molecule has 1 fully saturated rings. The van der Waals surface area contributed by atoms with Gasteiger partial charge >= 0.3 is 0 Å². The molecule has 1 aliphatic heterocycles. The molecule has 1 saturated heterocycles. The lowest BCUT2D eigenvalue weighted by atomic mass is 10.1. The van der Waals surface area contributed by atoms with Gasteiger partial charge in [-0.2, -0.15) is 0 Å². The first-order valence-electron chi connectivity index (χ1n) is 8.47. The Balaban J connectivity index is 2.30. The highest BCUT2D eigenvalue weighted by Gasteiger charge is 2.52. The summed E-state index contributed by atoms with van der Waals surface area (Å²) < 4.78 is 27.6. The van der Waals surface area contributed by atoms with Gasteiger partial charge < -0.3 is 0 Å². The fourth-order valence-corrected chi connectivity index (χ4v) is 5.55. The molecule has 1 heterocycles. The number of hydrogen-bond donors (Lipinski definition) is 2. The third kappa shape index (κ3) is 4.57. The number of thioether (sulfide) groups is 1. The molecule has 9 heteroatoms. The fourth-order valence-electron chi connectivity index (χ4n) is 2.89. The van der Waals surface area contributed by atoms with Crippen molar-refractivity contribution in [1.82, 2.24) is 9.62 Å². The van der Waals surface area contributed by atoms with Gasteiger partial charge in [0.2, 0.25) is 16.2 Å². The van der Waals surface area contributed by atoms with Crippen molar-refractivity contribution in [2.75, 3.05) is 13.6 Å². The van der Waals surface area contributed by atoms with Crippen molar-refractivity contribution in [3.05, 3.63) is 29.8 Å². The number of rotatable bonds is 7. The van der Waals surface area contributed by atoms with Gasteiger partial charge in [-0.1, -0.05) is 37.3 Å². The van der Waals surface area contributed by atoms with Crippen molar-refractivity contribution in [3.63, 3.8) is 0 Å². The van der Waals surface area contributed by atoms with Crippen LogP contribution in [0.2, 0.25) is 0 Å². The summed E-state index contributed by atoms with van der Waals surface area (Å²) in [7, 11) is -2.10. The van der Waals surface area contributed by atoms with Crippen LogP contribution in [-0.2, 0) is 10.0 Å². The molecule has 0 aliphatic carbocycles. The van der Waals surface area contributed by atoms with Crippen LogP contribution in [-0.4, -0.2) is 58.3 Å². The van der Waals surface area contributed by atoms with Crippen molar-refractivity contribution in [1.29, 1.82) is 0 Å². The smallest absolute Gasteiger partial charge is 0.292 e. The van der Waals surface area contributed by atoms with E-state index in [-0.39, 0.29) is 15.8 Å². The zero-order valence-corrected chi connectivity index (χ0v) is 17.9. The summed E-state index contributed by atoms with van der Waals surface area (Å²) in [5.74, 6) is 0. The molecule has 1 unspecified atom stereocenters. The predicted octanol–water partition coefficient (Wildman–Crippen LogP) is 2.65. The number of nitrogens with one attached hydrogen (secondary N) is 1. The summed E-state index contributed by atoms with van der Waals surface area (Å²) >= 11 is 7.08. The van der Waals surface area contributed by atoms with E-state index in [1.807, 2.05) is 0 Å². The maximum absolute atomic E-state index is 11.8. The summed E-state index contributed by atoms with van der Waals surface area (Å²) in [4.78, 5) is 2.24. The highest BCUT2D eigenvalue weighted by molar-refractivity contribution is 8.24. The summed E-state index contributed by atoms with van der Waals surface area (Å²) in [5.41, 5.74) is 0.705. The van der Waals surface area contributed by atoms with Crippen LogP contribution in [0.3, 0.4) is 0 Å². The highest BCUT2D eigenvalue weighted by Crippen LogP contribution is 2.41. The predicted molar refractivity (Wildman–Crippen MR) is 110 cm³/mol. The van der Waals surface area contributed by atoms with E-state index < -0.39 is 10.0 Å². The second-order valence-corrected chi connectivity index (χ2v) is 10.9. The Kier molecular flexibility index (Phi) is 6.70. The molecule has 0 radical (unpaired) electrons. The van der Waals surface area contributed by atoms with Gasteiger partial charge in [0.05, 0.1) is 4.90 Å². The number of benzene rings is 1. The Morgan fingerprint density at radius 3 is 2.54 bits per heavy atom. The van der Waals surface area contributed by atoms with Crippen LogP contribution >= 0.6 is 24.0 Å². The van der Waals surface area contributed by atoms with Crippen molar-refractivity contribution in [2.45, 2.75) is 49.4 Å². The van der Waals surface area contributed by atoms with Crippen LogP contribution in [0.4, 0.5) is 0 Å². The molecule has 2 N–H and O–H groups in total. The monoisotopic (exact) mass is 416 g/mol. The Labute approximate surface area is 165 Å². The van der Waals surface area contributed by atoms with E-state index in [0.29, 0.717) is 5.56 Å². The number of nitrogens with zero attached hydrogens (tertiary/aromatic N) is 2. The third-order valence-corrected chi connectivity index (χ3v) is 7.31. The number of thiocarbonyl (C=S) groups is 1. The van der Waals surface area contributed by atoms with Crippen LogP contribution in [0.1, 0.15) is 39.2 Å². The molecule has 1 aliphatic rings. The normalized spacial score (nSPS) is 20.6. The number of hydrogen-bond acceptors (Lipinski definition) is 5. The first-order chi connectivity index (χ1) is 12.1. The fraction of sp³-hybridized carbons (Fsp3) is 0.529. The van der Waals surface area contributed by atoms with E-state index >= 15 is 0 Å². The first-order valence-corrected chi connectivity index (χ1v) is 11.2. The van der Waals surface area contributed by atoms with E-state index in [1.165, 1.54) is 23.9 Å². The van der Waals surface area contributed by atoms with Crippen LogP contribution in [0.25, 0.3) is 0 Å². The van der Waals surface area contributed by atoms with Gasteiger partial charge in [-0.25, -0.2) is 13.1 Å². The second-order valence-electron chi connectivity index (χ2n) is 6.68. The SMILES string of the molecule is CCCCN1C(=S)SC(C)(C)C1[N+](O)=Cc1ccc(S(=O)(=O)NC)cc1. The minimum Gasteiger partial charge on any atom is -0.295 e. The largest absolute Gasteiger partial charge is 0.295 e. The quantitative estimate of drug-likeness (QED) is 0.234. The van der Waals surface area contributed by atoms with Gasteiger partial charge in [0, 0.05) is 12.1 Å². The maximum Gasteiger partial charge on any atom is 0.292 e. The number of sulfonamides is 1. The Bertz CT molecular complexity index is 789. The molecule has 1 aromatic carbocycles. The molecule has 1 atom stereocenters. The zero-order valence-electron chi connectivity index (χ0n) is 15.5. The Morgan fingerprint density at radius 2 is 2.00 bits per heavy atom. The minimum atomic E-state index is -3.47. The summed E-state index contributed by atoms with van der Waals surface area (Å²) in [6.45, 7) is 7.02. The molecule has 0 bridgehead atoms. The highest BCUT2D eigenvalue weighted by atomic mass is 32.2. The number of hydroxylamine groups is 1. The third-order valence-electron chi connectivity index (χ3n) is 4.25. The van der Waals surface area contributed by atoms with Crippen molar-refractivity contribution >= 4 is 44.5 Å². The van der Waals surface area contributed by atoms with Gasteiger partial charge in [-0.15, -0.1) is 0 Å². The van der Waals surface area contributed by atoms with Crippen LogP contribution in [0.5, 0.6) is 0 Å². The lowest BCUT2D eigenvalue weighted by Crippen LogP contribution is -2.49. The molecular formula is C17H26N3O3S3+. The van der Waals surface area contributed by atoms with Crippen LogP contribution < -0.4 is 4.72 Å². The van der Waals surface area contributed by atoms with Gasteiger partial charge in [-0.3, -0.25) is 10.1 Å². The molecule has 6 nitrogen and oxygen atoms in total. The molecule has 0 saturated carbocycles. The molecule has 1 aromatic rings. The topological polar surface area (TPSA) is 72.6 Å². The first kappa shape index (κ1) is 21.1. The van der Waals surface area contributed by atoms with Crippen molar-refractivity contribution in [2.24, 2.45) is 0 Å². The van der Waals surface area contributed by atoms with Gasteiger partial charge in [-0.05, 0) is 56.3 Å². The van der Waals surface area contributed by atoms with E-state index in [1.54, 1.807) is 30.1 Å². The van der Waals surface area contributed by atoms with Gasteiger partial charge in [0.25, 0.3) is 6.17 Å². The van der Waals surface area contributed by atoms with Gasteiger partial charge in [0.15, 0.2) is 0 Å². The average molecular weight is 417 g/mol. The molecule has 0 spiro atoms. The summed E-state index contributed by atoms with van der Waals surface area (Å²) in [6.07, 6.45) is 3.37. The molecule has 0 amide bonds. The zero-order chi connectivity index (χ0) is 19.5. The Hall–Kier alpha value is -1.16. The lowest BCUT2D eigenvalue weighted by Gasteiger charge is -2.25. The molecular weight excluding hydrogens is 390 g/mol. The van der Waals surface area contributed by atoms with E-state index in [2.05, 4.69) is 30.4 Å². The molecule has 2 rings (SSSR count).